The molecule has 1 saturated carbocycles. The number of nitrogens with two attached hydrogens (primary N) is 2. The highest BCUT2D eigenvalue weighted by Crippen LogP contribution is 2.62. The SMILES string of the molecule is CCOc1nc(N)nc2c1ncn2C1OC2COP(=O)(OC3CCC(OP4(=O)OCC5OC(n6cnc7c(OCC)nc(N)nc76)C(C)(F)C5O4)CC3)OC2C1C. The van der Waals surface area contributed by atoms with Gasteiger partial charge >= 0.3 is 15.6 Å². The molecule has 9 rings (SSSR count). The topological polar surface area (TPSA) is 266 Å². The average Bonchev–Trinajstić information content (AvgIpc) is 3.92. The molecule has 0 aromatic carbocycles. The Hall–Kier alpha value is -3.63. The van der Waals surface area contributed by atoms with Crippen molar-refractivity contribution < 1.29 is 59.6 Å². The second-order valence-electron chi connectivity index (χ2n) is 14.6. The molecule has 4 aliphatic heterocycles. The van der Waals surface area contributed by atoms with Crippen LogP contribution in [-0.4, -0.2) is 108 Å². The average molecular weight is 841 g/mol. The van der Waals surface area contributed by atoms with E-state index in [4.69, 9.17) is 57.6 Å². The van der Waals surface area contributed by atoms with Crippen molar-refractivity contribution in [3.8, 4) is 11.8 Å². The van der Waals surface area contributed by atoms with Crippen LogP contribution in [0.1, 0.15) is 65.8 Å². The van der Waals surface area contributed by atoms with Gasteiger partial charge in [-0.3, -0.25) is 36.3 Å². The third-order valence-electron chi connectivity index (χ3n) is 10.7. The lowest BCUT2D eigenvalue weighted by Crippen LogP contribution is -2.45. The normalized spacial score (nSPS) is 38.0. The summed E-state index contributed by atoms with van der Waals surface area (Å²) in [5.74, 6) is 0.0296. The Bertz CT molecular complexity index is 2260. The summed E-state index contributed by atoms with van der Waals surface area (Å²) < 4.78 is 106. The van der Waals surface area contributed by atoms with Crippen LogP contribution in [0.3, 0.4) is 0 Å². The van der Waals surface area contributed by atoms with E-state index in [-0.39, 0.29) is 54.0 Å². The number of hydrogen-bond acceptors (Lipinski definition) is 20. The molecule has 4 aromatic rings. The van der Waals surface area contributed by atoms with Crippen molar-refractivity contribution in [2.45, 2.75) is 108 Å². The molecule has 0 amide bonds. The Balaban J connectivity index is 0.806. The molecule has 57 heavy (non-hydrogen) atoms. The molecule has 0 bridgehead atoms. The van der Waals surface area contributed by atoms with Gasteiger partial charge in [-0.25, -0.2) is 23.5 Å². The zero-order chi connectivity index (χ0) is 39.9. The lowest BCUT2D eigenvalue weighted by atomic mass is 9.95. The fourth-order valence-corrected chi connectivity index (χ4v) is 11.5. The molecule has 4 saturated heterocycles. The van der Waals surface area contributed by atoms with Crippen LogP contribution in [0.5, 0.6) is 11.8 Å². The van der Waals surface area contributed by atoms with Crippen molar-refractivity contribution >= 4 is 49.9 Å². The van der Waals surface area contributed by atoms with Crippen LogP contribution in [0.4, 0.5) is 16.3 Å². The van der Waals surface area contributed by atoms with Crippen molar-refractivity contribution in [1.29, 1.82) is 0 Å². The Kier molecular flexibility index (Phi) is 9.94. The predicted octanol–water partition coefficient (Wildman–Crippen LogP) is 4.18. The summed E-state index contributed by atoms with van der Waals surface area (Å²) in [7, 11) is -8.26. The molecule has 5 fully saturated rings. The summed E-state index contributed by atoms with van der Waals surface area (Å²) in [6.45, 7) is 7.18. The molecular weight excluding hydrogens is 797 g/mol. The lowest BCUT2D eigenvalue weighted by molar-refractivity contribution is -0.0836. The summed E-state index contributed by atoms with van der Waals surface area (Å²) in [5.41, 5.74) is 10.9. The molecule has 310 valence electrons. The second kappa shape index (κ2) is 14.6. The monoisotopic (exact) mass is 840 g/mol. The van der Waals surface area contributed by atoms with Gasteiger partial charge in [0.05, 0.1) is 51.3 Å². The first-order valence-corrected chi connectivity index (χ1v) is 21.7. The third-order valence-corrected chi connectivity index (χ3v) is 13.7. The van der Waals surface area contributed by atoms with E-state index in [9.17, 15) is 9.13 Å². The molecule has 8 heterocycles. The van der Waals surface area contributed by atoms with Gasteiger partial charge in [-0.2, -0.15) is 19.9 Å². The number of phosphoric ester groups is 2. The van der Waals surface area contributed by atoms with E-state index in [1.807, 2.05) is 13.8 Å². The Labute approximate surface area is 324 Å². The number of imidazole rings is 2. The summed E-state index contributed by atoms with van der Waals surface area (Å²) in [4.78, 5) is 25.5. The van der Waals surface area contributed by atoms with Crippen LogP contribution in [0, 0.1) is 5.92 Å². The summed E-state index contributed by atoms with van der Waals surface area (Å²) in [6, 6.07) is 0. The maximum Gasteiger partial charge on any atom is 0.475 e. The minimum atomic E-state index is -4.24. The first-order chi connectivity index (χ1) is 27.3. The molecule has 5 aliphatic rings. The number of phosphoric acid groups is 2. The summed E-state index contributed by atoms with van der Waals surface area (Å²) in [6.07, 6.45) is -2.02. The Morgan fingerprint density at radius 2 is 1.33 bits per heavy atom. The summed E-state index contributed by atoms with van der Waals surface area (Å²) in [5, 5.41) is 0. The quantitative estimate of drug-likeness (QED) is 0.212. The zero-order valence-corrected chi connectivity index (χ0v) is 33.2. The highest BCUT2D eigenvalue weighted by atomic mass is 31.2. The van der Waals surface area contributed by atoms with E-state index >= 15 is 4.39 Å². The molecule has 10 unspecified atom stereocenters. The molecule has 1 aliphatic carbocycles. The lowest BCUT2D eigenvalue weighted by Gasteiger charge is -2.37. The number of ether oxygens (including phenoxy) is 4. The smallest absolute Gasteiger partial charge is 0.475 e. The summed E-state index contributed by atoms with van der Waals surface area (Å²) >= 11 is 0. The minimum absolute atomic E-state index is 0.0213. The first kappa shape index (κ1) is 38.9. The van der Waals surface area contributed by atoms with Gasteiger partial charge in [0.25, 0.3) is 0 Å². The first-order valence-electron chi connectivity index (χ1n) is 18.8. The maximum atomic E-state index is 16.7. The Morgan fingerprint density at radius 1 is 0.807 bits per heavy atom. The van der Waals surface area contributed by atoms with Crippen molar-refractivity contribution in [2.75, 3.05) is 37.9 Å². The number of rotatable bonds is 10. The van der Waals surface area contributed by atoms with Crippen molar-refractivity contribution in [3.05, 3.63) is 12.7 Å². The van der Waals surface area contributed by atoms with Gasteiger partial charge in [0.1, 0.15) is 30.6 Å². The van der Waals surface area contributed by atoms with Crippen molar-refractivity contribution in [2.24, 2.45) is 5.92 Å². The van der Waals surface area contributed by atoms with E-state index in [0.29, 0.717) is 50.1 Å². The number of anilines is 2. The molecule has 4 N–H and O–H groups in total. The molecule has 10 atom stereocenters. The molecule has 4 aromatic heterocycles. The molecule has 0 radical (unpaired) electrons. The number of nitrogen functional groups attached to an aromatic ring is 2. The fraction of sp³-hybridized carbons (Fsp3) is 0.688. The molecule has 0 spiro atoms. The van der Waals surface area contributed by atoms with Crippen LogP contribution < -0.4 is 20.9 Å². The van der Waals surface area contributed by atoms with E-state index in [1.165, 1.54) is 17.8 Å². The molecular formula is C32H43FN10O12P2. The van der Waals surface area contributed by atoms with Crippen LogP contribution in [0.25, 0.3) is 22.3 Å². The number of halogens is 1. The number of nitrogens with zero attached hydrogens (tertiary/aromatic N) is 8. The van der Waals surface area contributed by atoms with Gasteiger partial charge in [-0.1, -0.05) is 6.92 Å². The van der Waals surface area contributed by atoms with E-state index in [0.717, 1.165) is 0 Å². The Morgan fingerprint density at radius 3 is 1.91 bits per heavy atom. The highest BCUT2D eigenvalue weighted by Gasteiger charge is 2.62. The van der Waals surface area contributed by atoms with Gasteiger partial charge in [-0.05, 0) is 46.5 Å². The van der Waals surface area contributed by atoms with Crippen molar-refractivity contribution in [3.63, 3.8) is 0 Å². The van der Waals surface area contributed by atoms with E-state index < -0.39 is 70.4 Å². The molecule has 25 heteroatoms. The second-order valence-corrected chi connectivity index (χ2v) is 17.7. The predicted molar refractivity (Wildman–Crippen MR) is 193 cm³/mol. The zero-order valence-electron chi connectivity index (χ0n) is 31.4. The maximum absolute atomic E-state index is 16.7. The van der Waals surface area contributed by atoms with Gasteiger partial charge in [0, 0.05) is 5.92 Å². The van der Waals surface area contributed by atoms with Gasteiger partial charge < -0.3 is 30.4 Å². The van der Waals surface area contributed by atoms with Crippen LogP contribution in [0.15, 0.2) is 12.7 Å². The van der Waals surface area contributed by atoms with E-state index in [2.05, 4.69) is 29.9 Å². The molecule has 22 nitrogen and oxygen atoms in total. The third kappa shape index (κ3) is 6.94. The highest BCUT2D eigenvalue weighted by molar-refractivity contribution is 7.48. The van der Waals surface area contributed by atoms with Gasteiger partial charge in [-0.15, -0.1) is 0 Å². The number of fused-ring (bicyclic) bond motifs is 4. The van der Waals surface area contributed by atoms with E-state index in [1.54, 1.807) is 17.8 Å². The minimum Gasteiger partial charge on any atom is -0.476 e. The number of hydrogen-bond donors (Lipinski definition) is 2. The van der Waals surface area contributed by atoms with Crippen LogP contribution in [-0.2, 0) is 45.7 Å². The van der Waals surface area contributed by atoms with Gasteiger partial charge in [0.2, 0.25) is 23.7 Å². The van der Waals surface area contributed by atoms with Crippen molar-refractivity contribution in [1.82, 2.24) is 39.0 Å². The van der Waals surface area contributed by atoms with Crippen LogP contribution >= 0.6 is 15.6 Å². The standard InChI is InChI=1S/C32H43FN10O12P2/c1-5-46-26-20-24(38-30(34)40-26)42(13-36-20)28-15(3)22-18(50-28)11-48-56(44,54-22)52-16-7-9-17(10-8-16)53-57(45)49-12-19-23(55-57)32(4,33)29(51-19)43-14-37-21-25(43)39-31(35)41-27(21)47-6-2/h13-19,22-23,28-29H,5-12H2,1-4H3,(H2,34,38,40)(H2,35,39,41). The largest absolute Gasteiger partial charge is 0.476 e. The fourth-order valence-electron chi connectivity index (χ4n) is 8.05. The van der Waals surface area contributed by atoms with Gasteiger partial charge in [0.15, 0.2) is 34.2 Å². The number of alkyl halides is 1. The number of aromatic nitrogens is 8. The van der Waals surface area contributed by atoms with Crippen LogP contribution in [0.2, 0.25) is 0 Å².